The lowest BCUT2D eigenvalue weighted by Crippen LogP contribution is -2.28. The number of nitrogens with two attached hydrogens (primary N) is 1. The summed E-state index contributed by atoms with van der Waals surface area (Å²) >= 11 is 8.55. The van der Waals surface area contributed by atoms with Crippen LogP contribution >= 0.6 is 28.1 Å². The highest BCUT2D eigenvalue weighted by molar-refractivity contribution is 9.10. The van der Waals surface area contributed by atoms with Crippen LogP contribution in [0, 0.1) is 0 Å². The van der Waals surface area contributed by atoms with Crippen molar-refractivity contribution in [2.45, 2.75) is 0 Å². The summed E-state index contributed by atoms with van der Waals surface area (Å²) in [5.41, 5.74) is 7.57. The zero-order valence-electron chi connectivity index (χ0n) is 11.3. The number of ether oxygens (including phenoxy) is 1. The fourth-order valence-electron chi connectivity index (χ4n) is 1.66. The summed E-state index contributed by atoms with van der Waals surface area (Å²) in [6, 6.07) is 5.88. The van der Waals surface area contributed by atoms with E-state index in [-0.39, 0.29) is 0 Å². The number of anilines is 1. The van der Waals surface area contributed by atoms with Gasteiger partial charge in [-0.15, -0.1) is 0 Å². The number of methoxy groups -OCH3 is 1. The fraction of sp³-hybridized carbons (Fsp3) is 0.462. The minimum Gasteiger partial charge on any atom is -0.389 e. The van der Waals surface area contributed by atoms with Crippen molar-refractivity contribution in [2.24, 2.45) is 5.73 Å². The minimum atomic E-state index is 0.391. The van der Waals surface area contributed by atoms with E-state index in [0.29, 0.717) is 4.99 Å². The number of nitrogens with one attached hydrogen (secondary N) is 1. The van der Waals surface area contributed by atoms with E-state index in [4.69, 9.17) is 22.7 Å². The number of hydrogen-bond acceptors (Lipinski definition) is 4. The zero-order valence-corrected chi connectivity index (χ0v) is 13.7. The van der Waals surface area contributed by atoms with Gasteiger partial charge in [-0.3, -0.25) is 0 Å². The van der Waals surface area contributed by atoms with Crippen LogP contribution in [0.1, 0.15) is 5.56 Å². The molecule has 1 aromatic rings. The predicted molar refractivity (Wildman–Crippen MR) is 87.9 cm³/mol. The molecule has 4 nitrogen and oxygen atoms in total. The molecule has 1 aromatic carbocycles. The molecule has 0 fully saturated rings. The van der Waals surface area contributed by atoms with Gasteiger partial charge in [0.1, 0.15) is 4.99 Å². The van der Waals surface area contributed by atoms with E-state index in [1.54, 1.807) is 7.11 Å². The lowest BCUT2D eigenvalue weighted by Gasteiger charge is -2.18. The summed E-state index contributed by atoms with van der Waals surface area (Å²) in [6.45, 7) is 3.41. The lowest BCUT2D eigenvalue weighted by molar-refractivity contribution is 0.163. The largest absolute Gasteiger partial charge is 0.389 e. The van der Waals surface area contributed by atoms with Crippen LogP contribution in [0.5, 0.6) is 0 Å². The summed E-state index contributed by atoms with van der Waals surface area (Å²) in [5, 5.41) is 3.36. The van der Waals surface area contributed by atoms with Crippen LogP contribution < -0.4 is 11.1 Å². The number of rotatable bonds is 8. The van der Waals surface area contributed by atoms with Crippen LogP contribution in [0.2, 0.25) is 0 Å². The van der Waals surface area contributed by atoms with Gasteiger partial charge in [0.05, 0.1) is 6.61 Å². The quantitative estimate of drug-likeness (QED) is 0.706. The van der Waals surface area contributed by atoms with Crippen molar-refractivity contribution in [1.29, 1.82) is 0 Å². The maximum atomic E-state index is 5.75. The third-order valence-electron chi connectivity index (χ3n) is 2.75. The molecule has 1 rings (SSSR count). The molecule has 0 amide bonds. The Kier molecular flexibility index (Phi) is 7.30. The van der Waals surface area contributed by atoms with E-state index >= 15 is 0 Å². The van der Waals surface area contributed by atoms with E-state index in [1.165, 1.54) is 0 Å². The van der Waals surface area contributed by atoms with E-state index in [9.17, 15) is 0 Å². The van der Waals surface area contributed by atoms with Gasteiger partial charge in [-0.25, -0.2) is 0 Å². The zero-order chi connectivity index (χ0) is 14.3. The molecule has 0 aromatic heterocycles. The van der Waals surface area contributed by atoms with Crippen molar-refractivity contribution in [3.05, 3.63) is 28.2 Å². The Balaban J connectivity index is 2.54. The minimum absolute atomic E-state index is 0.391. The molecule has 0 aliphatic carbocycles. The summed E-state index contributed by atoms with van der Waals surface area (Å²) < 4.78 is 5.96. The van der Waals surface area contributed by atoms with Gasteiger partial charge in [-0.05, 0) is 35.1 Å². The SMILES string of the molecule is COCCN(C)CCNc1cccc(Br)c1C(N)=S. The number of hydrogen-bond donors (Lipinski definition) is 2. The van der Waals surface area contributed by atoms with E-state index in [1.807, 2.05) is 18.2 Å². The summed E-state index contributed by atoms with van der Waals surface area (Å²) in [5.74, 6) is 0. The van der Waals surface area contributed by atoms with E-state index < -0.39 is 0 Å². The highest BCUT2D eigenvalue weighted by Gasteiger charge is 2.09. The molecule has 0 unspecified atom stereocenters. The fourth-order valence-corrected chi connectivity index (χ4v) is 2.59. The smallest absolute Gasteiger partial charge is 0.107 e. The second kappa shape index (κ2) is 8.47. The van der Waals surface area contributed by atoms with Gasteiger partial charge < -0.3 is 20.7 Å². The van der Waals surface area contributed by atoms with Crippen LogP contribution in [0.15, 0.2) is 22.7 Å². The van der Waals surface area contributed by atoms with Gasteiger partial charge >= 0.3 is 0 Å². The summed E-state index contributed by atoms with van der Waals surface area (Å²) in [4.78, 5) is 2.59. The molecule has 0 aliphatic rings. The van der Waals surface area contributed by atoms with Crippen LogP contribution in [0.4, 0.5) is 5.69 Å². The average molecular weight is 346 g/mol. The van der Waals surface area contributed by atoms with Gasteiger partial charge in [0, 0.05) is 42.5 Å². The molecule has 0 saturated carbocycles. The molecule has 0 spiro atoms. The number of thiocarbonyl (C=S) groups is 1. The Morgan fingerprint density at radius 3 is 2.84 bits per heavy atom. The molecule has 0 heterocycles. The number of benzene rings is 1. The third kappa shape index (κ3) is 5.44. The molecule has 3 N–H and O–H groups in total. The predicted octanol–water partition coefficient (Wildman–Crippen LogP) is 2.07. The maximum absolute atomic E-state index is 5.75. The standard InChI is InChI=1S/C13H20BrN3OS/c1-17(8-9-18-2)7-6-16-11-5-3-4-10(14)12(11)13(15)19/h3-5,16H,6-9H2,1-2H3,(H2,15,19). The van der Waals surface area contributed by atoms with Crippen molar-refractivity contribution in [2.75, 3.05) is 45.7 Å². The number of likely N-dealkylation sites (N-methyl/N-ethyl adjacent to an activating group) is 1. The molecule has 0 bridgehead atoms. The van der Waals surface area contributed by atoms with Crippen molar-refractivity contribution < 1.29 is 4.74 Å². The Bertz CT molecular complexity index is 428. The van der Waals surface area contributed by atoms with Gasteiger partial charge in [0.2, 0.25) is 0 Å². The summed E-state index contributed by atoms with van der Waals surface area (Å²) in [6.07, 6.45) is 0. The molecule has 6 heteroatoms. The van der Waals surface area contributed by atoms with Gasteiger partial charge in [0.25, 0.3) is 0 Å². The number of halogens is 1. The first-order valence-electron chi connectivity index (χ1n) is 6.06. The average Bonchev–Trinajstić information content (AvgIpc) is 2.36. The van der Waals surface area contributed by atoms with Crippen molar-refractivity contribution in [3.8, 4) is 0 Å². The molecule has 0 atom stereocenters. The van der Waals surface area contributed by atoms with Crippen LogP contribution in [0.3, 0.4) is 0 Å². The van der Waals surface area contributed by atoms with Crippen LogP contribution in [0.25, 0.3) is 0 Å². The number of nitrogens with zero attached hydrogens (tertiary/aromatic N) is 1. The summed E-state index contributed by atoms with van der Waals surface area (Å²) in [7, 11) is 3.78. The normalized spacial score (nSPS) is 10.7. The first-order valence-corrected chi connectivity index (χ1v) is 7.26. The second-order valence-corrected chi connectivity index (χ2v) is 5.54. The maximum Gasteiger partial charge on any atom is 0.107 e. The molecule has 0 saturated heterocycles. The Morgan fingerprint density at radius 2 is 2.21 bits per heavy atom. The molecule has 0 radical (unpaired) electrons. The van der Waals surface area contributed by atoms with Crippen LogP contribution in [-0.4, -0.2) is 50.3 Å². The van der Waals surface area contributed by atoms with Gasteiger partial charge in [-0.2, -0.15) is 0 Å². The lowest BCUT2D eigenvalue weighted by atomic mass is 10.2. The first-order chi connectivity index (χ1) is 9.06. The van der Waals surface area contributed by atoms with E-state index in [0.717, 1.165) is 42.0 Å². The first kappa shape index (κ1) is 16.4. The topological polar surface area (TPSA) is 50.5 Å². The highest BCUT2D eigenvalue weighted by atomic mass is 79.9. The Hall–Kier alpha value is -0.690. The molecule has 106 valence electrons. The molecular weight excluding hydrogens is 326 g/mol. The third-order valence-corrected chi connectivity index (χ3v) is 3.61. The Labute approximate surface area is 128 Å². The highest BCUT2D eigenvalue weighted by Crippen LogP contribution is 2.24. The molecule has 19 heavy (non-hydrogen) atoms. The van der Waals surface area contributed by atoms with Crippen molar-refractivity contribution in [3.63, 3.8) is 0 Å². The monoisotopic (exact) mass is 345 g/mol. The van der Waals surface area contributed by atoms with Crippen molar-refractivity contribution in [1.82, 2.24) is 4.90 Å². The van der Waals surface area contributed by atoms with Crippen LogP contribution in [-0.2, 0) is 4.74 Å². The molecule has 0 aliphatic heterocycles. The second-order valence-electron chi connectivity index (χ2n) is 4.25. The molecular formula is C13H20BrN3OS. The van der Waals surface area contributed by atoms with Crippen molar-refractivity contribution >= 4 is 38.8 Å². The van der Waals surface area contributed by atoms with Gasteiger partial charge in [-0.1, -0.05) is 18.3 Å². The van der Waals surface area contributed by atoms with E-state index in [2.05, 4.69) is 33.2 Å². The Morgan fingerprint density at radius 1 is 1.47 bits per heavy atom. The van der Waals surface area contributed by atoms with Gasteiger partial charge in [0.15, 0.2) is 0 Å².